The Balaban J connectivity index is 1.63. The van der Waals surface area contributed by atoms with Gasteiger partial charge in [-0.3, -0.25) is 4.79 Å². The first-order valence-corrected chi connectivity index (χ1v) is 8.06. The van der Waals surface area contributed by atoms with Crippen LogP contribution in [0.1, 0.15) is 22.3 Å². The highest BCUT2D eigenvalue weighted by Crippen LogP contribution is 2.20. The Morgan fingerprint density at radius 2 is 2.14 bits per heavy atom. The van der Waals surface area contributed by atoms with Crippen LogP contribution in [0.15, 0.2) is 47.1 Å². The minimum absolute atomic E-state index is 0.00152. The molecule has 5 heteroatoms. The molecule has 0 N–H and O–H groups in total. The monoisotopic (exact) mass is 360 g/mol. The smallest absolute Gasteiger partial charge is 0.254 e. The quantitative estimate of drug-likeness (QED) is 0.841. The number of aryl methyl sites for hydroxylation is 1. The molecule has 0 bridgehead atoms. The van der Waals surface area contributed by atoms with Crippen molar-refractivity contribution in [2.24, 2.45) is 0 Å². The first kappa shape index (κ1) is 15.0. The fourth-order valence-electron chi connectivity index (χ4n) is 2.59. The summed E-state index contributed by atoms with van der Waals surface area (Å²) >= 11 is 3.35. The molecular weight excluding hydrogens is 344 g/mol. The Bertz CT molecular complexity index is 673. The number of nitrogens with zero attached hydrogens (tertiary/aromatic N) is 2. The SMILES string of the molecule is Cc1ccccc1C(=O)N1CCC(Oc2ccc(Br)cn2)C1. The molecule has 1 atom stereocenters. The third-order valence-corrected chi connectivity index (χ3v) is 4.26. The second kappa shape index (κ2) is 6.48. The van der Waals surface area contributed by atoms with Crippen LogP contribution in [0.25, 0.3) is 0 Å². The highest BCUT2D eigenvalue weighted by atomic mass is 79.9. The molecule has 0 radical (unpaired) electrons. The molecule has 4 nitrogen and oxygen atoms in total. The van der Waals surface area contributed by atoms with Gasteiger partial charge in [0.2, 0.25) is 5.88 Å². The van der Waals surface area contributed by atoms with Gasteiger partial charge in [-0.2, -0.15) is 0 Å². The van der Waals surface area contributed by atoms with Gasteiger partial charge in [-0.1, -0.05) is 18.2 Å². The van der Waals surface area contributed by atoms with E-state index < -0.39 is 0 Å². The predicted octanol–water partition coefficient (Wildman–Crippen LogP) is 3.45. The molecule has 0 spiro atoms. The lowest BCUT2D eigenvalue weighted by atomic mass is 10.1. The second-order valence-electron chi connectivity index (χ2n) is 5.41. The van der Waals surface area contributed by atoms with Gasteiger partial charge in [-0.25, -0.2) is 4.98 Å². The van der Waals surface area contributed by atoms with Crippen LogP contribution < -0.4 is 4.74 Å². The number of ether oxygens (including phenoxy) is 1. The molecule has 0 saturated carbocycles. The lowest BCUT2D eigenvalue weighted by molar-refractivity contribution is 0.0770. The van der Waals surface area contributed by atoms with E-state index in [9.17, 15) is 4.79 Å². The van der Waals surface area contributed by atoms with E-state index in [2.05, 4.69) is 20.9 Å². The maximum Gasteiger partial charge on any atom is 0.254 e. The number of aromatic nitrogens is 1. The number of rotatable bonds is 3. The summed E-state index contributed by atoms with van der Waals surface area (Å²) in [5.41, 5.74) is 1.77. The van der Waals surface area contributed by atoms with Crippen LogP contribution in [-0.4, -0.2) is 35.0 Å². The number of carbonyl (C=O) groups is 1. The molecule has 1 amide bonds. The molecule has 2 heterocycles. The fourth-order valence-corrected chi connectivity index (χ4v) is 2.83. The maximum absolute atomic E-state index is 12.6. The second-order valence-corrected chi connectivity index (χ2v) is 6.32. The van der Waals surface area contributed by atoms with Gasteiger partial charge in [0.25, 0.3) is 5.91 Å². The highest BCUT2D eigenvalue weighted by molar-refractivity contribution is 9.10. The molecule has 1 aromatic heterocycles. The van der Waals surface area contributed by atoms with Crippen LogP contribution in [0.3, 0.4) is 0 Å². The Kier molecular flexibility index (Phi) is 4.43. The topological polar surface area (TPSA) is 42.4 Å². The van der Waals surface area contributed by atoms with Crippen LogP contribution in [0.4, 0.5) is 0 Å². The lowest BCUT2D eigenvalue weighted by Crippen LogP contribution is -2.31. The molecule has 114 valence electrons. The lowest BCUT2D eigenvalue weighted by Gasteiger charge is -2.18. The van der Waals surface area contributed by atoms with Crippen molar-refractivity contribution in [1.82, 2.24) is 9.88 Å². The third kappa shape index (κ3) is 3.30. The van der Waals surface area contributed by atoms with Crippen molar-refractivity contribution < 1.29 is 9.53 Å². The Labute approximate surface area is 138 Å². The standard InChI is InChI=1S/C17H17BrN2O2/c1-12-4-2-3-5-15(12)17(21)20-9-8-14(11-20)22-16-7-6-13(18)10-19-16/h2-7,10,14H,8-9,11H2,1H3. The average molecular weight is 361 g/mol. The summed E-state index contributed by atoms with van der Waals surface area (Å²) in [5, 5.41) is 0. The highest BCUT2D eigenvalue weighted by Gasteiger charge is 2.29. The van der Waals surface area contributed by atoms with E-state index in [4.69, 9.17) is 4.74 Å². The van der Waals surface area contributed by atoms with Crippen LogP contribution in [0.5, 0.6) is 5.88 Å². The van der Waals surface area contributed by atoms with E-state index in [1.165, 1.54) is 0 Å². The average Bonchev–Trinajstić information content (AvgIpc) is 2.98. The molecule has 1 unspecified atom stereocenters. The van der Waals surface area contributed by atoms with Crippen molar-refractivity contribution in [3.8, 4) is 5.88 Å². The van der Waals surface area contributed by atoms with E-state index >= 15 is 0 Å². The summed E-state index contributed by atoms with van der Waals surface area (Å²) in [4.78, 5) is 18.6. The molecule has 1 aliphatic heterocycles. The number of hydrogen-bond donors (Lipinski definition) is 0. The Morgan fingerprint density at radius 3 is 2.86 bits per heavy atom. The number of likely N-dealkylation sites (tertiary alicyclic amines) is 1. The zero-order valence-corrected chi connectivity index (χ0v) is 13.9. The predicted molar refractivity (Wildman–Crippen MR) is 88.1 cm³/mol. The first-order chi connectivity index (χ1) is 10.6. The van der Waals surface area contributed by atoms with Crippen molar-refractivity contribution in [3.63, 3.8) is 0 Å². The van der Waals surface area contributed by atoms with Gasteiger partial charge >= 0.3 is 0 Å². The zero-order chi connectivity index (χ0) is 15.5. The number of pyridine rings is 1. The third-order valence-electron chi connectivity index (χ3n) is 3.80. The van der Waals surface area contributed by atoms with Crippen molar-refractivity contribution in [2.75, 3.05) is 13.1 Å². The largest absolute Gasteiger partial charge is 0.472 e. The van der Waals surface area contributed by atoms with E-state index in [-0.39, 0.29) is 12.0 Å². The Morgan fingerprint density at radius 1 is 1.32 bits per heavy atom. The number of benzene rings is 1. The van der Waals surface area contributed by atoms with E-state index in [0.29, 0.717) is 19.0 Å². The summed E-state index contributed by atoms with van der Waals surface area (Å²) in [5.74, 6) is 0.673. The van der Waals surface area contributed by atoms with Gasteiger partial charge in [0.15, 0.2) is 0 Å². The summed E-state index contributed by atoms with van der Waals surface area (Å²) in [6.07, 6.45) is 2.54. The van der Waals surface area contributed by atoms with Crippen molar-refractivity contribution in [1.29, 1.82) is 0 Å². The van der Waals surface area contributed by atoms with E-state index in [1.807, 2.05) is 48.2 Å². The van der Waals surface area contributed by atoms with Gasteiger partial charge in [0.05, 0.1) is 6.54 Å². The first-order valence-electron chi connectivity index (χ1n) is 7.26. The normalized spacial score (nSPS) is 17.5. The molecule has 22 heavy (non-hydrogen) atoms. The zero-order valence-electron chi connectivity index (χ0n) is 12.3. The fraction of sp³-hybridized carbons (Fsp3) is 0.294. The molecular formula is C17H17BrN2O2. The summed E-state index contributed by atoms with van der Waals surface area (Å²) in [6.45, 7) is 3.28. The summed E-state index contributed by atoms with van der Waals surface area (Å²) in [7, 11) is 0. The van der Waals surface area contributed by atoms with Crippen LogP contribution in [-0.2, 0) is 0 Å². The van der Waals surface area contributed by atoms with Crippen LogP contribution in [0, 0.1) is 6.92 Å². The molecule has 3 rings (SSSR count). The molecule has 1 aromatic carbocycles. The number of hydrogen-bond acceptors (Lipinski definition) is 3. The summed E-state index contributed by atoms with van der Waals surface area (Å²) in [6, 6.07) is 11.4. The van der Waals surface area contributed by atoms with Gasteiger partial charge in [-0.05, 0) is 40.5 Å². The van der Waals surface area contributed by atoms with Crippen molar-refractivity contribution in [3.05, 3.63) is 58.2 Å². The van der Waals surface area contributed by atoms with Crippen molar-refractivity contribution in [2.45, 2.75) is 19.4 Å². The molecule has 1 fully saturated rings. The van der Waals surface area contributed by atoms with Gasteiger partial charge in [0, 0.05) is 35.3 Å². The minimum Gasteiger partial charge on any atom is -0.472 e. The molecule has 1 saturated heterocycles. The van der Waals surface area contributed by atoms with Crippen molar-refractivity contribution >= 4 is 21.8 Å². The number of halogens is 1. The molecule has 2 aromatic rings. The minimum atomic E-state index is 0.00152. The molecule has 1 aliphatic rings. The van der Waals surface area contributed by atoms with E-state index in [1.54, 1.807) is 6.20 Å². The Hall–Kier alpha value is -1.88. The van der Waals surface area contributed by atoms with E-state index in [0.717, 1.165) is 22.0 Å². The van der Waals surface area contributed by atoms with Gasteiger partial charge < -0.3 is 9.64 Å². The number of carbonyl (C=O) groups excluding carboxylic acids is 1. The van der Waals surface area contributed by atoms with Gasteiger partial charge in [0.1, 0.15) is 6.10 Å². The van der Waals surface area contributed by atoms with Crippen LogP contribution >= 0.6 is 15.9 Å². The van der Waals surface area contributed by atoms with Crippen LogP contribution in [0.2, 0.25) is 0 Å². The maximum atomic E-state index is 12.6. The molecule has 0 aliphatic carbocycles. The van der Waals surface area contributed by atoms with Gasteiger partial charge in [-0.15, -0.1) is 0 Å². The number of amides is 1. The summed E-state index contributed by atoms with van der Waals surface area (Å²) < 4.78 is 6.77.